The summed E-state index contributed by atoms with van der Waals surface area (Å²) in [5, 5.41) is 0. The first-order chi connectivity index (χ1) is 15.1. The van der Waals surface area contributed by atoms with Crippen LogP contribution in [0.2, 0.25) is 0 Å². The van der Waals surface area contributed by atoms with Crippen molar-refractivity contribution in [2.24, 2.45) is 4.99 Å². The van der Waals surface area contributed by atoms with E-state index < -0.39 is 17.3 Å². The number of carbonyl (C=O) groups is 1. The SMILES string of the molecule is COc1ccc(C2(c3cccc(-c4cccnc4F)c3)COC(NOC=O)=N2)cc1F. The van der Waals surface area contributed by atoms with E-state index in [0.29, 0.717) is 22.3 Å². The molecule has 7 nitrogen and oxygen atoms in total. The number of rotatable bonds is 6. The maximum Gasteiger partial charge on any atom is 0.320 e. The molecule has 0 spiro atoms. The summed E-state index contributed by atoms with van der Waals surface area (Å²) >= 11 is 0. The fourth-order valence-electron chi connectivity index (χ4n) is 3.47. The number of nitrogens with one attached hydrogen (secondary N) is 1. The number of amidine groups is 1. The van der Waals surface area contributed by atoms with Gasteiger partial charge in [0.05, 0.1) is 7.11 Å². The van der Waals surface area contributed by atoms with Crippen LogP contribution in [-0.2, 0) is 19.9 Å². The molecule has 3 aromatic rings. The lowest BCUT2D eigenvalue weighted by Crippen LogP contribution is -2.27. The van der Waals surface area contributed by atoms with Gasteiger partial charge in [-0.15, -0.1) is 0 Å². The second-order valence-corrected chi connectivity index (χ2v) is 6.65. The third-order valence-electron chi connectivity index (χ3n) is 4.94. The summed E-state index contributed by atoms with van der Waals surface area (Å²) in [5.41, 5.74) is 3.06. The van der Waals surface area contributed by atoms with E-state index in [4.69, 9.17) is 9.47 Å². The Hall–Kier alpha value is -4.01. The fourth-order valence-corrected chi connectivity index (χ4v) is 3.47. The minimum Gasteiger partial charge on any atom is -0.494 e. The van der Waals surface area contributed by atoms with Crippen LogP contribution in [0, 0.1) is 11.8 Å². The van der Waals surface area contributed by atoms with Gasteiger partial charge in [-0.25, -0.2) is 14.4 Å². The van der Waals surface area contributed by atoms with Gasteiger partial charge in [0.1, 0.15) is 6.61 Å². The van der Waals surface area contributed by atoms with Crippen LogP contribution in [0.4, 0.5) is 8.78 Å². The molecule has 158 valence electrons. The molecule has 1 aliphatic heterocycles. The van der Waals surface area contributed by atoms with Crippen LogP contribution in [0.15, 0.2) is 65.8 Å². The van der Waals surface area contributed by atoms with Gasteiger partial charge in [-0.05, 0) is 47.0 Å². The van der Waals surface area contributed by atoms with Gasteiger partial charge in [0.15, 0.2) is 17.1 Å². The number of methoxy groups -OCH3 is 1. The van der Waals surface area contributed by atoms with Gasteiger partial charge in [-0.3, -0.25) is 4.79 Å². The smallest absolute Gasteiger partial charge is 0.320 e. The van der Waals surface area contributed by atoms with E-state index in [0.717, 1.165) is 0 Å². The lowest BCUT2D eigenvalue weighted by atomic mass is 9.83. The third-order valence-corrected chi connectivity index (χ3v) is 4.94. The first kappa shape index (κ1) is 20.3. The molecule has 9 heteroatoms. The first-order valence-electron chi connectivity index (χ1n) is 9.21. The van der Waals surface area contributed by atoms with Crippen molar-refractivity contribution in [3.8, 4) is 16.9 Å². The highest BCUT2D eigenvalue weighted by molar-refractivity contribution is 5.77. The molecule has 2 heterocycles. The minimum absolute atomic E-state index is 0.0116. The van der Waals surface area contributed by atoms with E-state index >= 15 is 0 Å². The summed E-state index contributed by atoms with van der Waals surface area (Å²) in [4.78, 5) is 23.3. The van der Waals surface area contributed by atoms with Crippen LogP contribution in [0.25, 0.3) is 11.1 Å². The zero-order valence-electron chi connectivity index (χ0n) is 16.3. The number of halogens is 2. The van der Waals surface area contributed by atoms with Crippen molar-refractivity contribution < 1.29 is 27.9 Å². The number of hydroxylamine groups is 1. The fraction of sp³-hybridized carbons (Fsp3) is 0.136. The summed E-state index contributed by atoms with van der Waals surface area (Å²) < 4.78 is 39.3. The number of hydrogen-bond acceptors (Lipinski definition) is 7. The number of carbonyl (C=O) groups excluding carboxylic acids is 1. The summed E-state index contributed by atoms with van der Waals surface area (Å²) in [5.74, 6) is -1.11. The van der Waals surface area contributed by atoms with Crippen LogP contribution in [0.5, 0.6) is 5.75 Å². The maximum atomic E-state index is 14.5. The molecule has 0 saturated carbocycles. The normalized spacial score (nSPS) is 17.5. The van der Waals surface area contributed by atoms with Crippen molar-refractivity contribution in [1.82, 2.24) is 10.5 Å². The number of benzene rings is 2. The van der Waals surface area contributed by atoms with E-state index in [1.54, 1.807) is 42.5 Å². The summed E-state index contributed by atoms with van der Waals surface area (Å²) in [6, 6.07) is 14.6. The molecule has 1 N–H and O–H groups in total. The Kier molecular flexibility index (Phi) is 5.48. The Bertz CT molecular complexity index is 1160. The van der Waals surface area contributed by atoms with E-state index in [2.05, 4.69) is 20.3 Å². The number of nitrogens with zero attached hydrogens (tertiary/aromatic N) is 2. The lowest BCUT2D eigenvalue weighted by Gasteiger charge is -2.26. The summed E-state index contributed by atoms with van der Waals surface area (Å²) in [6.45, 7) is 0.174. The Morgan fingerprint density at radius 2 is 1.97 bits per heavy atom. The second-order valence-electron chi connectivity index (χ2n) is 6.65. The monoisotopic (exact) mass is 425 g/mol. The topological polar surface area (TPSA) is 82.0 Å². The molecule has 31 heavy (non-hydrogen) atoms. The van der Waals surface area contributed by atoms with Crippen molar-refractivity contribution in [2.75, 3.05) is 13.7 Å². The van der Waals surface area contributed by atoms with E-state index in [1.165, 1.54) is 25.4 Å². The number of aromatic nitrogens is 1. The maximum absolute atomic E-state index is 14.5. The summed E-state index contributed by atoms with van der Waals surface area (Å²) in [6.07, 6.45) is 1.37. The number of pyridine rings is 1. The molecule has 0 bridgehead atoms. The van der Waals surface area contributed by atoms with Gasteiger partial charge in [0.2, 0.25) is 5.95 Å². The molecular weight excluding hydrogens is 408 g/mol. The highest BCUT2D eigenvalue weighted by atomic mass is 19.1. The van der Waals surface area contributed by atoms with Gasteiger partial charge in [-0.2, -0.15) is 9.87 Å². The van der Waals surface area contributed by atoms with Gasteiger partial charge < -0.3 is 14.3 Å². The molecule has 0 radical (unpaired) electrons. The standard InChI is InChI=1S/C22H17F2N3O4/c1-29-19-8-7-16(11-18(19)23)22(12-30-21(26-22)27-31-13-28)15-5-2-4-14(10-15)17-6-3-9-25-20(17)24/h2-11,13H,12H2,1H3,(H,26,27). The lowest BCUT2D eigenvalue weighted by molar-refractivity contribution is -0.132. The molecule has 4 rings (SSSR count). The molecule has 0 fully saturated rings. The molecular formula is C22H17F2N3O4. The predicted octanol–water partition coefficient (Wildman–Crippen LogP) is 3.34. The van der Waals surface area contributed by atoms with E-state index in [-0.39, 0.29) is 24.9 Å². The van der Waals surface area contributed by atoms with Gasteiger partial charge >= 0.3 is 12.5 Å². The van der Waals surface area contributed by atoms with Crippen molar-refractivity contribution >= 4 is 12.5 Å². The van der Waals surface area contributed by atoms with Crippen LogP contribution in [0.3, 0.4) is 0 Å². The second kappa shape index (κ2) is 8.39. The molecule has 1 atom stereocenters. The van der Waals surface area contributed by atoms with Gasteiger partial charge in [-0.1, -0.05) is 24.3 Å². The number of aliphatic imine (C=N–C) groups is 1. The number of hydrogen-bond donors (Lipinski definition) is 1. The number of ether oxygens (including phenoxy) is 2. The van der Waals surface area contributed by atoms with Crippen LogP contribution < -0.4 is 10.2 Å². The quantitative estimate of drug-likeness (QED) is 0.371. The molecule has 1 aliphatic rings. The first-order valence-corrected chi connectivity index (χ1v) is 9.21. The van der Waals surface area contributed by atoms with Crippen molar-refractivity contribution in [3.63, 3.8) is 0 Å². The predicted molar refractivity (Wildman–Crippen MR) is 107 cm³/mol. The molecule has 1 aromatic heterocycles. The molecule has 2 aromatic carbocycles. The zero-order valence-corrected chi connectivity index (χ0v) is 16.3. The van der Waals surface area contributed by atoms with Crippen molar-refractivity contribution in [1.29, 1.82) is 0 Å². The molecule has 0 aliphatic carbocycles. The highest BCUT2D eigenvalue weighted by Crippen LogP contribution is 2.40. The van der Waals surface area contributed by atoms with Gasteiger partial charge in [0, 0.05) is 11.8 Å². The van der Waals surface area contributed by atoms with E-state index in [1.807, 2.05) is 0 Å². The average Bonchev–Trinajstić information content (AvgIpc) is 3.23. The minimum atomic E-state index is -1.18. The zero-order chi connectivity index (χ0) is 21.8. The Morgan fingerprint density at radius 1 is 1.13 bits per heavy atom. The van der Waals surface area contributed by atoms with Crippen molar-refractivity contribution in [2.45, 2.75) is 5.54 Å². The summed E-state index contributed by atoms with van der Waals surface area (Å²) in [7, 11) is 1.37. The van der Waals surface area contributed by atoms with E-state index in [9.17, 15) is 13.6 Å². The van der Waals surface area contributed by atoms with Gasteiger partial charge in [0.25, 0.3) is 0 Å². The molecule has 0 saturated heterocycles. The molecule has 1 unspecified atom stereocenters. The highest BCUT2D eigenvalue weighted by Gasteiger charge is 2.41. The Morgan fingerprint density at radius 3 is 2.71 bits per heavy atom. The third kappa shape index (κ3) is 3.77. The largest absolute Gasteiger partial charge is 0.494 e. The van der Waals surface area contributed by atoms with Crippen LogP contribution >= 0.6 is 0 Å². The Balaban J connectivity index is 1.86. The molecule has 0 amide bonds. The Labute approximate surface area is 176 Å². The van der Waals surface area contributed by atoms with Crippen LogP contribution in [0.1, 0.15) is 11.1 Å². The average molecular weight is 425 g/mol. The van der Waals surface area contributed by atoms with Crippen molar-refractivity contribution in [3.05, 3.63) is 83.7 Å². The van der Waals surface area contributed by atoms with Crippen LogP contribution in [-0.4, -0.2) is 31.2 Å².